The third-order valence-corrected chi connectivity index (χ3v) is 4.27. The lowest BCUT2D eigenvalue weighted by Crippen LogP contribution is -2.48. The van der Waals surface area contributed by atoms with Crippen molar-refractivity contribution >= 4 is 18.3 Å². The molecule has 2 N–H and O–H groups in total. The molecule has 2 rings (SSSR count). The number of hydrogen-bond acceptors (Lipinski definition) is 2. The van der Waals surface area contributed by atoms with Crippen LogP contribution in [0.3, 0.4) is 0 Å². The van der Waals surface area contributed by atoms with Crippen molar-refractivity contribution in [1.82, 2.24) is 4.90 Å². The highest BCUT2D eigenvalue weighted by molar-refractivity contribution is 5.89. The molecule has 0 spiro atoms. The van der Waals surface area contributed by atoms with Gasteiger partial charge in [-0.15, -0.1) is 12.4 Å². The number of nitrogens with zero attached hydrogens (tertiary/aromatic N) is 1. The Balaban J connectivity index is 0.00000162. The van der Waals surface area contributed by atoms with Crippen LogP contribution >= 0.6 is 12.4 Å². The molecule has 0 atom stereocenters. The number of halogens is 1. The summed E-state index contributed by atoms with van der Waals surface area (Å²) in [5.41, 5.74) is 5.50. The molecule has 1 aliphatic carbocycles. The van der Waals surface area contributed by atoms with Gasteiger partial charge in [0.2, 0.25) is 5.91 Å². The molecule has 0 aromatic heterocycles. The molecule has 0 radical (unpaired) electrons. The van der Waals surface area contributed by atoms with E-state index < -0.39 is 5.54 Å². The van der Waals surface area contributed by atoms with Gasteiger partial charge in [0.25, 0.3) is 0 Å². The topological polar surface area (TPSA) is 46.3 Å². The minimum absolute atomic E-state index is 0. The van der Waals surface area contributed by atoms with Crippen LogP contribution in [0, 0.1) is 11.8 Å². The van der Waals surface area contributed by atoms with Crippen LogP contribution < -0.4 is 5.73 Å². The van der Waals surface area contributed by atoms with Crippen molar-refractivity contribution in [2.75, 3.05) is 13.1 Å². The molecular weight excluding hydrogens is 248 g/mol. The Morgan fingerprint density at radius 1 is 1.33 bits per heavy atom. The summed E-state index contributed by atoms with van der Waals surface area (Å²) < 4.78 is 0. The summed E-state index contributed by atoms with van der Waals surface area (Å²) in [5, 5.41) is 0. The molecule has 2 aliphatic rings. The molecule has 0 bridgehead atoms. The van der Waals surface area contributed by atoms with E-state index in [2.05, 4.69) is 13.8 Å². The van der Waals surface area contributed by atoms with E-state index in [9.17, 15) is 4.79 Å². The minimum Gasteiger partial charge on any atom is -0.341 e. The van der Waals surface area contributed by atoms with Crippen molar-refractivity contribution in [1.29, 1.82) is 0 Å². The molecule has 0 aromatic rings. The zero-order valence-corrected chi connectivity index (χ0v) is 12.5. The number of carbonyl (C=O) groups is 1. The lowest BCUT2D eigenvalue weighted by atomic mass is 9.89. The van der Waals surface area contributed by atoms with Crippen molar-refractivity contribution in [3.63, 3.8) is 0 Å². The molecule has 1 amide bonds. The summed E-state index contributed by atoms with van der Waals surface area (Å²) in [6.45, 7) is 6.43. The smallest absolute Gasteiger partial charge is 0.242 e. The largest absolute Gasteiger partial charge is 0.341 e. The SMILES string of the molecule is CC(C)CCC1CCN(C(=O)C2(N)CC2)CC1.Cl. The minimum atomic E-state index is -0.467. The summed E-state index contributed by atoms with van der Waals surface area (Å²) in [4.78, 5) is 14.1. The maximum atomic E-state index is 12.1. The van der Waals surface area contributed by atoms with E-state index in [4.69, 9.17) is 5.73 Å². The fraction of sp³-hybridized carbons (Fsp3) is 0.929. The fourth-order valence-electron chi connectivity index (χ4n) is 2.66. The first-order valence-electron chi connectivity index (χ1n) is 7.09. The van der Waals surface area contributed by atoms with Gasteiger partial charge in [-0.1, -0.05) is 26.7 Å². The molecule has 1 saturated carbocycles. The first kappa shape index (κ1) is 15.8. The predicted octanol–water partition coefficient (Wildman–Crippen LogP) is 2.57. The van der Waals surface area contributed by atoms with Crippen LogP contribution in [-0.2, 0) is 4.79 Å². The van der Waals surface area contributed by atoms with Crippen LogP contribution in [0.25, 0.3) is 0 Å². The third-order valence-electron chi connectivity index (χ3n) is 4.27. The van der Waals surface area contributed by atoms with Crippen LogP contribution in [0.4, 0.5) is 0 Å². The zero-order chi connectivity index (χ0) is 12.5. The first-order chi connectivity index (χ1) is 8.01. The van der Waals surface area contributed by atoms with Crippen LogP contribution in [-0.4, -0.2) is 29.4 Å². The van der Waals surface area contributed by atoms with Gasteiger partial charge in [-0.25, -0.2) is 0 Å². The average molecular weight is 275 g/mol. The normalized spacial score (nSPS) is 22.8. The van der Waals surface area contributed by atoms with Gasteiger partial charge >= 0.3 is 0 Å². The summed E-state index contributed by atoms with van der Waals surface area (Å²) >= 11 is 0. The van der Waals surface area contributed by atoms with Gasteiger partial charge in [-0.2, -0.15) is 0 Å². The van der Waals surface area contributed by atoms with Gasteiger partial charge in [0, 0.05) is 13.1 Å². The van der Waals surface area contributed by atoms with Gasteiger partial charge < -0.3 is 10.6 Å². The summed E-state index contributed by atoms with van der Waals surface area (Å²) in [7, 11) is 0. The standard InChI is InChI=1S/C14H26N2O.ClH/c1-11(2)3-4-12-5-9-16(10-6-12)13(17)14(15)7-8-14;/h11-12H,3-10,15H2,1-2H3;1H. The predicted molar refractivity (Wildman–Crippen MR) is 76.8 cm³/mol. The van der Waals surface area contributed by atoms with E-state index in [0.29, 0.717) is 0 Å². The Morgan fingerprint density at radius 2 is 1.89 bits per heavy atom. The van der Waals surface area contributed by atoms with Crippen LogP contribution in [0.1, 0.15) is 52.4 Å². The van der Waals surface area contributed by atoms with Crippen molar-refractivity contribution in [3.05, 3.63) is 0 Å². The summed E-state index contributed by atoms with van der Waals surface area (Å²) in [5.74, 6) is 1.84. The molecule has 106 valence electrons. The molecule has 1 aliphatic heterocycles. The number of piperidine rings is 1. The van der Waals surface area contributed by atoms with Crippen LogP contribution in [0.5, 0.6) is 0 Å². The first-order valence-corrected chi connectivity index (χ1v) is 7.09. The second-order valence-electron chi connectivity index (χ2n) is 6.36. The van der Waals surface area contributed by atoms with Gasteiger partial charge in [-0.05, 0) is 37.5 Å². The Morgan fingerprint density at radius 3 is 2.33 bits per heavy atom. The lowest BCUT2D eigenvalue weighted by Gasteiger charge is -2.33. The monoisotopic (exact) mass is 274 g/mol. The number of nitrogens with two attached hydrogens (primary N) is 1. The van der Waals surface area contributed by atoms with Crippen molar-refractivity contribution in [2.24, 2.45) is 17.6 Å². The Hall–Kier alpha value is -0.280. The zero-order valence-electron chi connectivity index (χ0n) is 11.7. The summed E-state index contributed by atoms with van der Waals surface area (Å²) in [6.07, 6.45) is 6.77. The quantitative estimate of drug-likeness (QED) is 0.856. The molecule has 4 heteroatoms. The van der Waals surface area contributed by atoms with Gasteiger partial charge in [-0.3, -0.25) is 4.79 Å². The highest BCUT2D eigenvalue weighted by Gasteiger charge is 2.48. The molecular formula is C14H27ClN2O. The summed E-state index contributed by atoms with van der Waals surface area (Å²) in [6, 6.07) is 0. The Kier molecular flexibility index (Phi) is 5.47. The second kappa shape index (κ2) is 6.25. The van der Waals surface area contributed by atoms with E-state index in [1.54, 1.807) is 0 Å². The lowest BCUT2D eigenvalue weighted by molar-refractivity contribution is -0.135. The van der Waals surface area contributed by atoms with E-state index >= 15 is 0 Å². The van der Waals surface area contributed by atoms with Gasteiger partial charge in [0.05, 0.1) is 5.54 Å². The molecule has 0 unspecified atom stereocenters. The highest BCUT2D eigenvalue weighted by Crippen LogP contribution is 2.35. The molecule has 2 fully saturated rings. The van der Waals surface area contributed by atoms with Crippen LogP contribution in [0.15, 0.2) is 0 Å². The molecule has 3 nitrogen and oxygen atoms in total. The number of hydrogen-bond donors (Lipinski definition) is 1. The highest BCUT2D eigenvalue weighted by atomic mass is 35.5. The van der Waals surface area contributed by atoms with Gasteiger partial charge in [0.15, 0.2) is 0 Å². The third kappa shape index (κ3) is 3.86. The van der Waals surface area contributed by atoms with Crippen molar-refractivity contribution in [3.8, 4) is 0 Å². The second-order valence-corrected chi connectivity index (χ2v) is 6.36. The van der Waals surface area contributed by atoms with E-state index in [1.165, 1.54) is 25.7 Å². The molecule has 1 saturated heterocycles. The Labute approximate surface area is 117 Å². The van der Waals surface area contributed by atoms with Crippen molar-refractivity contribution < 1.29 is 4.79 Å². The molecule has 1 heterocycles. The van der Waals surface area contributed by atoms with E-state index in [0.717, 1.165) is 37.8 Å². The maximum Gasteiger partial charge on any atom is 0.242 e. The Bertz CT molecular complexity index is 282. The fourth-order valence-corrected chi connectivity index (χ4v) is 2.66. The molecule has 18 heavy (non-hydrogen) atoms. The van der Waals surface area contributed by atoms with E-state index in [1.807, 2.05) is 4.90 Å². The average Bonchev–Trinajstić information content (AvgIpc) is 3.06. The maximum absolute atomic E-state index is 12.1. The van der Waals surface area contributed by atoms with E-state index in [-0.39, 0.29) is 18.3 Å². The number of rotatable bonds is 4. The van der Waals surface area contributed by atoms with Crippen LogP contribution in [0.2, 0.25) is 0 Å². The van der Waals surface area contributed by atoms with Gasteiger partial charge in [0.1, 0.15) is 0 Å². The molecule has 0 aromatic carbocycles. The number of likely N-dealkylation sites (tertiary alicyclic amines) is 1. The number of carbonyl (C=O) groups excluding carboxylic acids is 1. The van der Waals surface area contributed by atoms with Crippen molar-refractivity contribution in [2.45, 2.75) is 57.9 Å². The number of amides is 1.